The Bertz CT molecular complexity index is 1000. The van der Waals surface area contributed by atoms with Crippen molar-refractivity contribution in [1.82, 2.24) is 14.9 Å². The minimum Gasteiger partial charge on any atom is -0.356 e. The summed E-state index contributed by atoms with van der Waals surface area (Å²) in [6.45, 7) is 6.18. The van der Waals surface area contributed by atoms with Crippen molar-refractivity contribution in [3.63, 3.8) is 0 Å². The summed E-state index contributed by atoms with van der Waals surface area (Å²) in [5.41, 5.74) is 5.01. The third kappa shape index (κ3) is 5.55. The van der Waals surface area contributed by atoms with Gasteiger partial charge in [0.2, 0.25) is 5.91 Å². The predicted octanol–water partition coefficient (Wildman–Crippen LogP) is 5.84. The number of hydrogen-bond acceptors (Lipinski definition) is 2. The zero-order chi connectivity index (χ0) is 21.6. The minimum atomic E-state index is 0.251. The van der Waals surface area contributed by atoms with Crippen LogP contribution in [0.5, 0.6) is 0 Å². The van der Waals surface area contributed by atoms with Gasteiger partial charge in [-0.2, -0.15) is 0 Å². The maximum Gasteiger partial charge on any atom is 0.223 e. The van der Waals surface area contributed by atoms with Crippen LogP contribution in [0.2, 0.25) is 0 Å². The van der Waals surface area contributed by atoms with Crippen LogP contribution in [0.1, 0.15) is 75.2 Å². The first-order valence-corrected chi connectivity index (χ1v) is 12.0. The van der Waals surface area contributed by atoms with Crippen molar-refractivity contribution < 1.29 is 4.79 Å². The number of benzene rings is 2. The molecular weight excluding hydrogens is 382 g/mol. The smallest absolute Gasteiger partial charge is 0.223 e. The first kappa shape index (κ1) is 21.6. The summed E-state index contributed by atoms with van der Waals surface area (Å²) in [5.74, 6) is 2.32. The summed E-state index contributed by atoms with van der Waals surface area (Å²) in [7, 11) is 0. The number of para-hydroxylation sites is 2. The van der Waals surface area contributed by atoms with E-state index in [1.165, 1.54) is 23.1 Å². The van der Waals surface area contributed by atoms with Crippen LogP contribution < -0.4 is 5.32 Å². The number of rotatable bonds is 11. The molecule has 1 fully saturated rings. The molecule has 0 spiro atoms. The number of aromatic nitrogens is 2. The average Bonchev–Trinajstić information content (AvgIpc) is 3.60. The Hall–Kier alpha value is -2.62. The van der Waals surface area contributed by atoms with E-state index in [1.807, 2.05) is 0 Å². The van der Waals surface area contributed by atoms with E-state index >= 15 is 0 Å². The Morgan fingerprint density at radius 2 is 1.87 bits per heavy atom. The van der Waals surface area contributed by atoms with E-state index in [2.05, 4.69) is 72.3 Å². The maximum atomic E-state index is 11.7. The fourth-order valence-electron chi connectivity index (χ4n) is 4.15. The Balaban J connectivity index is 1.38. The van der Waals surface area contributed by atoms with Gasteiger partial charge in [0.1, 0.15) is 5.82 Å². The van der Waals surface area contributed by atoms with Crippen molar-refractivity contribution >= 4 is 16.9 Å². The largest absolute Gasteiger partial charge is 0.356 e. The molecule has 4 rings (SSSR count). The monoisotopic (exact) mass is 417 g/mol. The molecular formula is C27H35N3O. The lowest BCUT2D eigenvalue weighted by molar-refractivity contribution is -0.122. The van der Waals surface area contributed by atoms with Crippen LogP contribution >= 0.6 is 0 Å². The lowest BCUT2D eigenvalue weighted by atomic mass is 9.97. The highest BCUT2D eigenvalue weighted by atomic mass is 16.2. The molecule has 0 bridgehead atoms. The quantitative estimate of drug-likeness (QED) is 0.399. The number of fused-ring (bicyclic) bond motifs is 1. The van der Waals surface area contributed by atoms with Gasteiger partial charge >= 0.3 is 0 Å². The van der Waals surface area contributed by atoms with Gasteiger partial charge in [0.15, 0.2) is 0 Å². The highest BCUT2D eigenvalue weighted by Gasteiger charge is 2.28. The van der Waals surface area contributed by atoms with Gasteiger partial charge in [-0.1, -0.05) is 56.7 Å². The summed E-state index contributed by atoms with van der Waals surface area (Å²) < 4.78 is 2.38. The van der Waals surface area contributed by atoms with Gasteiger partial charge in [-0.3, -0.25) is 4.79 Å². The number of hydrogen-bond donors (Lipinski definition) is 1. The summed E-state index contributed by atoms with van der Waals surface area (Å²) in [4.78, 5) is 16.7. The number of aryl methyl sites for hydroxylation is 1. The van der Waals surface area contributed by atoms with E-state index in [0.29, 0.717) is 11.8 Å². The average molecular weight is 418 g/mol. The van der Waals surface area contributed by atoms with Gasteiger partial charge in [0.05, 0.1) is 11.0 Å². The highest BCUT2D eigenvalue weighted by molar-refractivity contribution is 5.80. The van der Waals surface area contributed by atoms with E-state index < -0.39 is 0 Å². The third-order valence-electron chi connectivity index (χ3n) is 6.56. The molecule has 1 heterocycles. The zero-order valence-electron chi connectivity index (χ0n) is 18.9. The number of amides is 1. The summed E-state index contributed by atoms with van der Waals surface area (Å²) in [5, 5.41) is 3.07. The van der Waals surface area contributed by atoms with Crippen LogP contribution in [-0.4, -0.2) is 22.0 Å². The fraction of sp³-hybridized carbons (Fsp3) is 0.481. The van der Waals surface area contributed by atoms with Crippen molar-refractivity contribution in [2.75, 3.05) is 6.54 Å². The molecule has 1 saturated carbocycles. The van der Waals surface area contributed by atoms with Crippen LogP contribution in [0.3, 0.4) is 0 Å². The molecule has 4 heteroatoms. The fourth-order valence-corrected chi connectivity index (χ4v) is 4.15. The molecule has 3 aromatic rings. The molecule has 164 valence electrons. The van der Waals surface area contributed by atoms with E-state index in [9.17, 15) is 4.79 Å². The summed E-state index contributed by atoms with van der Waals surface area (Å²) >= 11 is 0. The molecule has 1 amide bonds. The molecule has 4 nitrogen and oxygen atoms in total. The molecule has 0 aliphatic heterocycles. The second kappa shape index (κ2) is 10.1. The Morgan fingerprint density at radius 1 is 1.10 bits per heavy atom. The van der Waals surface area contributed by atoms with Crippen molar-refractivity contribution in [2.45, 2.75) is 71.3 Å². The van der Waals surface area contributed by atoms with Crippen LogP contribution in [-0.2, 0) is 17.8 Å². The maximum absolute atomic E-state index is 11.7. The number of nitrogens with zero attached hydrogens (tertiary/aromatic N) is 2. The first-order chi connectivity index (χ1) is 15.2. The molecule has 0 saturated heterocycles. The molecule has 0 radical (unpaired) electrons. The summed E-state index contributed by atoms with van der Waals surface area (Å²) in [6.07, 6.45) is 7.52. The van der Waals surface area contributed by atoms with Crippen molar-refractivity contribution in [3.05, 3.63) is 65.5 Å². The highest BCUT2D eigenvalue weighted by Crippen LogP contribution is 2.28. The van der Waals surface area contributed by atoms with Gasteiger partial charge < -0.3 is 9.88 Å². The number of carbonyl (C=O) groups excluding carboxylic acids is 1. The molecule has 1 aliphatic rings. The van der Waals surface area contributed by atoms with Crippen LogP contribution in [0.25, 0.3) is 11.0 Å². The third-order valence-corrected chi connectivity index (χ3v) is 6.56. The van der Waals surface area contributed by atoms with Gasteiger partial charge in [0, 0.05) is 25.4 Å². The van der Waals surface area contributed by atoms with Gasteiger partial charge in [-0.25, -0.2) is 4.98 Å². The molecule has 1 N–H and O–H groups in total. The second-order valence-corrected chi connectivity index (χ2v) is 9.03. The van der Waals surface area contributed by atoms with Gasteiger partial charge in [-0.05, 0) is 61.3 Å². The Morgan fingerprint density at radius 3 is 2.61 bits per heavy atom. The van der Waals surface area contributed by atoms with E-state index in [4.69, 9.17) is 4.98 Å². The molecule has 2 aromatic carbocycles. The predicted molar refractivity (Wildman–Crippen MR) is 127 cm³/mol. The molecule has 1 aromatic heterocycles. The molecule has 1 unspecified atom stereocenters. The first-order valence-electron chi connectivity index (χ1n) is 12.0. The normalized spacial score (nSPS) is 14.6. The molecule has 31 heavy (non-hydrogen) atoms. The minimum absolute atomic E-state index is 0.251. The van der Waals surface area contributed by atoms with Crippen LogP contribution in [0.15, 0.2) is 48.5 Å². The van der Waals surface area contributed by atoms with Crippen molar-refractivity contribution in [2.24, 2.45) is 5.92 Å². The SMILES string of the molecule is CCC(C)c1ccc(Cn2c(CCCCCNC(=O)C3CC3)nc3ccccc32)cc1. The van der Waals surface area contributed by atoms with E-state index in [0.717, 1.165) is 63.0 Å². The Kier molecular flexibility index (Phi) is 7.06. The Labute approximate surface area is 186 Å². The van der Waals surface area contributed by atoms with Gasteiger partial charge in [-0.15, -0.1) is 0 Å². The van der Waals surface area contributed by atoms with Crippen molar-refractivity contribution in [3.8, 4) is 0 Å². The van der Waals surface area contributed by atoms with Crippen molar-refractivity contribution in [1.29, 1.82) is 0 Å². The zero-order valence-corrected chi connectivity index (χ0v) is 18.9. The lowest BCUT2D eigenvalue weighted by Crippen LogP contribution is -2.25. The second-order valence-electron chi connectivity index (χ2n) is 9.03. The number of unbranched alkanes of at least 4 members (excludes halogenated alkanes) is 2. The van der Waals surface area contributed by atoms with E-state index in [-0.39, 0.29) is 5.91 Å². The molecule has 1 aliphatic carbocycles. The topological polar surface area (TPSA) is 46.9 Å². The van der Waals surface area contributed by atoms with Crippen LogP contribution in [0, 0.1) is 5.92 Å². The standard InChI is InChI=1S/C27H35N3O/c1-3-20(2)22-14-12-21(13-15-22)19-30-25-10-7-6-9-24(25)29-26(30)11-5-4-8-18-28-27(31)23-16-17-23/h6-7,9-10,12-15,20,23H,3-5,8,11,16-19H2,1-2H3,(H,28,31). The number of nitrogens with one attached hydrogen (secondary N) is 1. The number of carbonyl (C=O) groups is 1. The lowest BCUT2D eigenvalue weighted by Gasteiger charge is -2.12. The molecule has 1 atom stereocenters. The van der Waals surface area contributed by atoms with Gasteiger partial charge in [0.25, 0.3) is 0 Å². The van der Waals surface area contributed by atoms with E-state index in [1.54, 1.807) is 0 Å². The number of imidazole rings is 1. The summed E-state index contributed by atoms with van der Waals surface area (Å²) in [6, 6.07) is 17.5. The van der Waals surface area contributed by atoms with Crippen LogP contribution in [0.4, 0.5) is 0 Å².